The molecule has 1 heterocycles. The van der Waals surface area contributed by atoms with Gasteiger partial charge in [-0.25, -0.2) is 0 Å². The van der Waals surface area contributed by atoms with Crippen LogP contribution in [0.25, 0.3) is 0 Å². The van der Waals surface area contributed by atoms with Crippen LogP contribution in [0, 0.1) is 5.92 Å². The first kappa shape index (κ1) is 14.5. The molecule has 2 rings (SSSR count). The van der Waals surface area contributed by atoms with Crippen molar-refractivity contribution in [2.24, 2.45) is 5.92 Å². The fourth-order valence-electron chi connectivity index (χ4n) is 3.17. The Kier molecular flexibility index (Phi) is 5.41. The average molecular weight is 260 g/mol. The van der Waals surface area contributed by atoms with Crippen molar-refractivity contribution in [3.05, 3.63) is 35.9 Å². The van der Waals surface area contributed by atoms with Crippen molar-refractivity contribution in [3.63, 3.8) is 0 Å². The lowest BCUT2D eigenvalue weighted by Gasteiger charge is -2.28. The molecule has 0 spiro atoms. The van der Waals surface area contributed by atoms with Crippen LogP contribution >= 0.6 is 0 Å². The zero-order valence-corrected chi connectivity index (χ0v) is 12.6. The van der Waals surface area contributed by atoms with Gasteiger partial charge in [0, 0.05) is 25.2 Å². The molecule has 1 N–H and O–H groups in total. The lowest BCUT2D eigenvalue weighted by Crippen LogP contribution is -2.37. The molecular weight excluding hydrogens is 232 g/mol. The predicted molar refractivity (Wildman–Crippen MR) is 82.3 cm³/mol. The Hall–Kier alpha value is -0.860. The number of hydrogen-bond acceptors (Lipinski definition) is 2. The standard InChI is InChI=1S/C17H28N2/c1-4-10-18-17(16-8-6-5-7-9-16)13-19-12-14(2)11-15(19)3/h5-9,14-15,17-18H,4,10-13H2,1-3H3. The monoisotopic (exact) mass is 260 g/mol. The van der Waals surface area contributed by atoms with E-state index in [-0.39, 0.29) is 0 Å². The van der Waals surface area contributed by atoms with Crippen LogP contribution in [0.3, 0.4) is 0 Å². The van der Waals surface area contributed by atoms with Crippen LogP contribution in [-0.2, 0) is 0 Å². The Bertz CT molecular complexity index is 363. The molecular formula is C17H28N2. The maximum absolute atomic E-state index is 3.71. The highest BCUT2D eigenvalue weighted by molar-refractivity contribution is 5.19. The maximum Gasteiger partial charge on any atom is 0.0449 e. The highest BCUT2D eigenvalue weighted by atomic mass is 15.2. The van der Waals surface area contributed by atoms with E-state index in [4.69, 9.17) is 0 Å². The number of benzene rings is 1. The summed E-state index contributed by atoms with van der Waals surface area (Å²) in [5.41, 5.74) is 1.42. The summed E-state index contributed by atoms with van der Waals surface area (Å²) in [5, 5.41) is 3.71. The molecule has 1 aromatic rings. The molecule has 3 atom stereocenters. The van der Waals surface area contributed by atoms with E-state index in [0.717, 1.165) is 25.0 Å². The van der Waals surface area contributed by atoms with Gasteiger partial charge in [0.05, 0.1) is 0 Å². The SMILES string of the molecule is CCCNC(CN1CC(C)CC1C)c1ccccc1. The molecule has 1 saturated heterocycles. The van der Waals surface area contributed by atoms with Crippen molar-refractivity contribution in [1.82, 2.24) is 10.2 Å². The molecule has 2 nitrogen and oxygen atoms in total. The van der Waals surface area contributed by atoms with E-state index in [0.29, 0.717) is 6.04 Å². The molecule has 106 valence electrons. The largest absolute Gasteiger partial charge is 0.309 e. The minimum Gasteiger partial charge on any atom is -0.309 e. The quantitative estimate of drug-likeness (QED) is 0.842. The molecule has 0 saturated carbocycles. The molecule has 0 radical (unpaired) electrons. The topological polar surface area (TPSA) is 15.3 Å². The second kappa shape index (κ2) is 7.06. The molecule has 1 aliphatic heterocycles. The van der Waals surface area contributed by atoms with Gasteiger partial charge >= 0.3 is 0 Å². The fourth-order valence-corrected chi connectivity index (χ4v) is 3.17. The van der Waals surface area contributed by atoms with Gasteiger partial charge in [0.25, 0.3) is 0 Å². The van der Waals surface area contributed by atoms with Gasteiger partial charge in [-0.05, 0) is 37.8 Å². The van der Waals surface area contributed by atoms with E-state index < -0.39 is 0 Å². The maximum atomic E-state index is 3.71. The predicted octanol–water partition coefficient (Wildman–Crippen LogP) is 3.46. The van der Waals surface area contributed by atoms with Crippen molar-refractivity contribution in [2.45, 2.75) is 45.7 Å². The van der Waals surface area contributed by atoms with Crippen LogP contribution in [0.15, 0.2) is 30.3 Å². The Morgan fingerprint density at radius 3 is 2.58 bits per heavy atom. The van der Waals surface area contributed by atoms with Gasteiger partial charge in [0.2, 0.25) is 0 Å². The van der Waals surface area contributed by atoms with Crippen molar-refractivity contribution < 1.29 is 0 Å². The van der Waals surface area contributed by atoms with Crippen molar-refractivity contribution >= 4 is 0 Å². The number of rotatable bonds is 6. The first-order chi connectivity index (χ1) is 9.20. The summed E-state index contributed by atoms with van der Waals surface area (Å²) in [4.78, 5) is 2.64. The number of likely N-dealkylation sites (tertiary alicyclic amines) is 1. The van der Waals surface area contributed by atoms with E-state index >= 15 is 0 Å². The molecule has 2 heteroatoms. The van der Waals surface area contributed by atoms with Crippen LogP contribution in [0.1, 0.15) is 45.2 Å². The minimum absolute atomic E-state index is 0.467. The fraction of sp³-hybridized carbons (Fsp3) is 0.647. The molecule has 1 aromatic carbocycles. The summed E-state index contributed by atoms with van der Waals surface area (Å²) < 4.78 is 0. The third-order valence-corrected chi connectivity index (χ3v) is 4.17. The first-order valence-corrected chi connectivity index (χ1v) is 7.73. The normalized spacial score (nSPS) is 25.6. The van der Waals surface area contributed by atoms with Gasteiger partial charge in [-0.15, -0.1) is 0 Å². The van der Waals surface area contributed by atoms with E-state index in [1.807, 2.05) is 0 Å². The van der Waals surface area contributed by atoms with Crippen LogP contribution in [0.5, 0.6) is 0 Å². The summed E-state index contributed by atoms with van der Waals surface area (Å²) in [5.74, 6) is 0.845. The van der Waals surface area contributed by atoms with Crippen molar-refractivity contribution in [3.8, 4) is 0 Å². The van der Waals surface area contributed by atoms with E-state index in [9.17, 15) is 0 Å². The molecule has 0 aromatic heterocycles. The van der Waals surface area contributed by atoms with Crippen molar-refractivity contribution in [1.29, 1.82) is 0 Å². The van der Waals surface area contributed by atoms with Crippen LogP contribution in [0.4, 0.5) is 0 Å². The average Bonchev–Trinajstić information content (AvgIpc) is 2.73. The first-order valence-electron chi connectivity index (χ1n) is 7.73. The molecule has 0 bridgehead atoms. The third kappa shape index (κ3) is 4.05. The molecule has 3 unspecified atom stereocenters. The molecule has 1 fully saturated rings. The van der Waals surface area contributed by atoms with E-state index in [1.165, 1.54) is 24.9 Å². The Balaban J connectivity index is 2.02. The second-order valence-electron chi connectivity index (χ2n) is 6.06. The van der Waals surface area contributed by atoms with E-state index in [1.54, 1.807) is 0 Å². The van der Waals surface area contributed by atoms with Gasteiger partial charge in [-0.2, -0.15) is 0 Å². The lowest BCUT2D eigenvalue weighted by molar-refractivity contribution is 0.234. The number of hydrogen-bond donors (Lipinski definition) is 1. The van der Waals surface area contributed by atoms with Crippen LogP contribution < -0.4 is 5.32 Å². The third-order valence-electron chi connectivity index (χ3n) is 4.17. The zero-order chi connectivity index (χ0) is 13.7. The summed E-state index contributed by atoms with van der Waals surface area (Å²) in [7, 11) is 0. The highest BCUT2D eigenvalue weighted by Gasteiger charge is 2.28. The van der Waals surface area contributed by atoms with Gasteiger partial charge in [-0.3, -0.25) is 4.90 Å². The van der Waals surface area contributed by atoms with Crippen molar-refractivity contribution in [2.75, 3.05) is 19.6 Å². The Morgan fingerprint density at radius 1 is 1.26 bits per heavy atom. The molecule has 0 amide bonds. The Labute approximate surface area is 118 Å². The highest BCUT2D eigenvalue weighted by Crippen LogP contribution is 2.25. The molecule has 19 heavy (non-hydrogen) atoms. The smallest absolute Gasteiger partial charge is 0.0449 e. The van der Waals surface area contributed by atoms with Gasteiger partial charge < -0.3 is 5.32 Å². The minimum atomic E-state index is 0.467. The van der Waals surface area contributed by atoms with Crippen LogP contribution in [0.2, 0.25) is 0 Å². The zero-order valence-electron chi connectivity index (χ0n) is 12.6. The second-order valence-corrected chi connectivity index (χ2v) is 6.06. The van der Waals surface area contributed by atoms with Gasteiger partial charge in [-0.1, -0.05) is 44.2 Å². The molecule has 0 aliphatic carbocycles. The molecule has 1 aliphatic rings. The number of nitrogens with zero attached hydrogens (tertiary/aromatic N) is 1. The van der Waals surface area contributed by atoms with Gasteiger partial charge in [0.1, 0.15) is 0 Å². The van der Waals surface area contributed by atoms with Crippen LogP contribution in [-0.4, -0.2) is 30.6 Å². The summed E-state index contributed by atoms with van der Waals surface area (Å²) in [6.07, 6.45) is 2.53. The summed E-state index contributed by atoms with van der Waals surface area (Å²) >= 11 is 0. The summed E-state index contributed by atoms with van der Waals surface area (Å²) in [6, 6.07) is 12.1. The number of nitrogens with one attached hydrogen (secondary N) is 1. The van der Waals surface area contributed by atoms with E-state index in [2.05, 4.69) is 61.3 Å². The Morgan fingerprint density at radius 2 is 2.00 bits per heavy atom. The van der Waals surface area contributed by atoms with Gasteiger partial charge in [0.15, 0.2) is 0 Å². The summed E-state index contributed by atoms with van der Waals surface area (Å²) in [6.45, 7) is 10.4. The lowest BCUT2D eigenvalue weighted by atomic mass is 10.1.